The van der Waals surface area contributed by atoms with Crippen LogP contribution in [0.3, 0.4) is 0 Å². The van der Waals surface area contributed by atoms with E-state index < -0.39 is 18.0 Å². The van der Waals surface area contributed by atoms with E-state index in [2.05, 4.69) is 16.3 Å². The molecule has 2 amide bonds. The van der Waals surface area contributed by atoms with E-state index in [1.165, 1.54) is 0 Å². The lowest BCUT2D eigenvalue weighted by Crippen LogP contribution is -2.61. The molecule has 7 nitrogen and oxygen atoms in total. The maximum atomic E-state index is 15.5. The molecule has 0 saturated carbocycles. The Labute approximate surface area is 254 Å². The van der Waals surface area contributed by atoms with Crippen LogP contribution in [0.4, 0.5) is 14.5 Å². The van der Waals surface area contributed by atoms with E-state index >= 15 is 8.78 Å². The molecule has 0 radical (unpaired) electrons. The summed E-state index contributed by atoms with van der Waals surface area (Å²) in [6.07, 6.45) is 1.18. The molecule has 3 unspecified atom stereocenters. The van der Waals surface area contributed by atoms with Crippen LogP contribution in [0.2, 0.25) is 10.0 Å². The van der Waals surface area contributed by atoms with Crippen molar-refractivity contribution in [2.45, 2.75) is 55.7 Å². The van der Waals surface area contributed by atoms with Gasteiger partial charge in [-0.05, 0) is 41.7 Å². The van der Waals surface area contributed by atoms with Crippen molar-refractivity contribution in [3.63, 3.8) is 0 Å². The summed E-state index contributed by atoms with van der Waals surface area (Å²) in [5.41, 5.74) is 3.88. The highest BCUT2D eigenvalue weighted by Crippen LogP contribution is 2.40. The molecule has 0 aliphatic carbocycles. The topological polar surface area (TPSA) is 59.1 Å². The van der Waals surface area contributed by atoms with Gasteiger partial charge in [0.15, 0.2) is 0 Å². The van der Waals surface area contributed by atoms with Gasteiger partial charge in [-0.25, -0.2) is 8.78 Å². The number of carbonyl (C=O) groups excluding carboxylic acids is 2. The van der Waals surface area contributed by atoms with Gasteiger partial charge in [0.05, 0.1) is 39.7 Å². The number of piperazine rings is 1. The summed E-state index contributed by atoms with van der Waals surface area (Å²) in [6, 6.07) is 10.3. The molecule has 4 aliphatic rings. The molecule has 0 bridgehead atoms. The van der Waals surface area contributed by atoms with Gasteiger partial charge < -0.3 is 4.90 Å². The summed E-state index contributed by atoms with van der Waals surface area (Å²) >= 11 is 17.3. The largest absolute Gasteiger partial charge is 0.368 e. The lowest BCUT2D eigenvalue weighted by Gasteiger charge is -2.46. The highest BCUT2D eigenvalue weighted by Gasteiger charge is 2.48. The first kappa shape index (κ1) is 29.1. The van der Waals surface area contributed by atoms with Gasteiger partial charge in [-0.2, -0.15) is 12.6 Å². The predicted molar refractivity (Wildman–Crippen MR) is 159 cm³/mol. The number of halogens is 4. The number of rotatable bonds is 5. The molecule has 0 spiro atoms. The first-order valence-corrected chi connectivity index (χ1v) is 15.3. The number of amides is 2. The molecule has 3 atom stereocenters. The van der Waals surface area contributed by atoms with Gasteiger partial charge in [0.1, 0.15) is 0 Å². The summed E-state index contributed by atoms with van der Waals surface area (Å²) in [4.78, 5) is 31.9. The fraction of sp³-hybridized carbons (Fsp3) is 0.517. The van der Waals surface area contributed by atoms with Gasteiger partial charge in [0.25, 0.3) is 5.92 Å². The Hall–Kier alpha value is -1.95. The second-order valence-electron chi connectivity index (χ2n) is 11.4. The van der Waals surface area contributed by atoms with Crippen LogP contribution in [0.5, 0.6) is 0 Å². The number of piperidine rings is 2. The van der Waals surface area contributed by atoms with Crippen molar-refractivity contribution >= 4 is 53.3 Å². The molecule has 0 aromatic heterocycles. The normalized spacial score (nSPS) is 27.6. The van der Waals surface area contributed by atoms with Crippen molar-refractivity contribution < 1.29 is 18.4 Å². The number of nitrogens with one attached hydrogen (secondary N) is 1. The van der Waals surface area contributed by atoms with Gasteiger partial charge >= 0.3 is 0 Å². The molecule has 1 N–H and O–H groups in total. The van der Waals surface area contributed by atoms with E-state index in [1.807, 2.05) is 39.0 Å². The van der Waals surface area contributed by atoms with Gasteiger partial charge in [0, 0.05) is 52.2 Å². The van der Waals surface area contributed by atoms with E-state index in [-0.39, 0.29) is 23.7 Å². The number of anilines is 1. The monoisotopic (exact) mass is 623 g/mol. The third kappa shape index (κ3) is 5.84. The molecule has 4 heterocycles. The number of thiol groups is 1. The fourth-order valence-corrected chi connectivity index (χ4v) is 7.65. The number of hydrogen-bond acceptors (Lipinski definition) is 7. The number of imide groups is 1. The highest BCUT2D eigenvalue weighted by molar-refractivity contribution is 7.80. The number of carbonyl (C=O) groups is 2. The Bertz CT molecular complexity index is 1340. The second kappa shape index (κ2) is 11.6. The van der Waals surface area contributed by atoms with Gasteiger partial charge in [-0.1, -0.05) is 47.5 Å². The zero-order valence-corrected chi connectivity index (χ0v) is 24.9. The third-order valence-corrected chi connectivity index (χ3v) is 10.2. The van der Waals surface area contributed by atoms with Crippen LogP contribution in [0.25, 0.3) is 0 Å². The van der Waals surface area contributed by atoms with Crippen LogP contribution in [-0.4, -0.2) is 83.8 Å². The van der Waals surface area contributed by atoms with Gasteiger partial charge in [0.2, 0.25) is 11.8 Å². The van der Waals surface area contributed by atoms with E-state index in [1.54, 1.807) is 6.07 Å². The molecular weight excluding hydrogens is 591 g/mol. The van der Waals surface area contributed by atoms with Crippen molar-refractivity contribution in [1.29, 1.82) is 0 Å². The zero-order valence-electron chi connectivity index (χ0n) is 22.5. The average Bonchev–Trinajstić information content (AvgIpc) is 3.25. The number of fused-ring (bicyclic) bond motifs is 1. The standard InChI is InChI=1S/C29H33Cl2F2N5O2S/c30-21-2-1-3-22(26(21)31)36-10-12-37(13-11-36)24-8-9-35(17-29(24,32)33)15-18-4-5-20-19(14-18)16-38(28(20)41)23-6-7-25(39)34-27(23)40/h1-5,14,23-24,28,41H,6-13,15-17H2,(H,34,39,40). The van der Waals surface area contributed by atoms with Crippen LogP contribution in [0.15, 0.2) is 36.4 Å². The molecule has 2 aromatic rings. The predicted octanol–water partition coefficient (Wildman–Crippen LogP) is 4.57. The van der Waals surface area contributed by atoms with E-state index in [9.17, 15) is 9.59 Å². The maximum absolute atomic E-state index is 15.5. The SMILES string of the molecule is O=C1CCC(N2Cc3cc(CN4CCC(N5CCN(c6cccc(Cl)c6Cl)CC5)C(F)(F)C4)ccc3C2S)C(=O)N1. The zero-order chi connectivity index (χ0) is 28.9. The minimum absolute atomic E-state index is 0.244. The first-order chi connectivity index (χ1) is 19.6. The minimum atomic E-state index is -2.83. The van der Waals surface area contributed by atoms with Gasteiger partial charge in [-0.3, -0.25) is 29.6 Å². The summed E-state index contributed by atoms with van der Waals surface area (Å²) in [6.45, 7) is 3.61. The maximum Gasteiger partial charge on any atom is 0.275 e. The quantitative estimate of drug-likeness (QED) is 0.376. The molecule has 3 saturated heterocycles. The van der Waals surface area contributed by atoms with Crippen LogP contribution in [0.1, 0.15) is 41.3 Å². The lowest BCUT2D eigenvalue weighted by molar-refractivity contribution is -0.137. The van der Waals surface area contributed by atoms with E-state index in [0.717, 1.165) is 22.4 Å². The summed E-state index contributed by atoms with van der Waals surface area (Å²) < 4.78 is 31.0. The van der Waals surface area contributed by atoms with E-state index in [0.29, 0.717) is 75.1 Å². The van der Waals surface area contributed by atoms with Gasteiger partial charge in [-0.15, -0.1) is 0 Å². The van der Waals surface area contributed by atoms with Crippen LogP contribution in [0, 0.1) is 0 Å². The van der Waals surface area contributed by atoms with Crippen molar-refractivity contribution in [2.24, 2.45) is 0 Å². The Morgan fingerprint density at radius 1 is 1.02 bits per heavy atom. The Balaban J connectivity index is 1.05. The average molecular weight is 625 g/mol. The Kier molecular flexibility index (Phi) is 8.26. The molecule has 41 heavy (non-hydrogen) atoms. The van der Waals surface area contributed by atoms with E-state index in [4.69, 9.17) is 35.8 Å². The molecule has 2 aromatic carbocycles. The molecule has 6 rings (SSSR count). The lowest BCUT2D eigenvalue weighted by atomic mass is 9.97. The van der Waals surface area contributed by atoms with Crippen LogP contribution >= 0.6 is 35.8 Å². The van der Waals surface area contributed by atoms with Crippen molar-refractivity contribution in [3.05, 3.63) is 63.1 Å². The fourth-order valence-electron chi connectivity index (χ4n) is 6.74. The number of benzene rings is 2. The summed E-state index contributed by atoms with van der Waals surface area (Å²) in [5.74, 6) is -3.36. The highest BCUT2D eigenvalue weighted by atomic mass is 35.5. The number of alkyl halides is 2. The molecule has 12 heteroatoms. The molecular formula is C29H33Cl2F2N5O2S. The number of hydrogen-bond donors (Lipinski definition) is 2. The first-order valence-electron chi connectivity index (χ1n) is 14.0. The number of nitrogens with zero attached hydrogens (tertiary/aromatic N) is 4. The van der Waals surface area contributed by atoms with Crippen LogP contribution < -0.4 is 10.2 Å². The Morgan fingerprint density at radius 3 is 2.54 bits per heavy atom. The molecule has 220 valence electrons. The Morgan fingerprint density at radius 2 is 1.80 bits per heavy atom. The minimum Gasteiger partial charge on any atom is -0.368 e. The van der Waals surface area contributed by atoms with Crippen LogP contribution in [-0.2, 0) is 22.7 Å². The second-order valence-corrected chi connectivity index (χ2v) is 12.7. The molecule has 4 aliphatic heterocycles. The summed E-state index contributed by atoms with van der Waals surface area (Å²) in [5, 5.41) is 3.16. The van der Waals surface area contributed by atoms with Crippen molar-refractivity contribution in [3.8, 4) is 0 Å². The van der Waals surface area contributed by atoms with Crippen molar-refractivity contribution in [2.75, 3.05) is 44.2 Å². The summed E-state index contributed by atoms with van der Waals surface area (Å²) in [7, 11) is 0. The number of likely N-dealkylation sites (tertiary alicyclic amines) is 1. The third-order valence-electron chi connectivity index (χ3n) is 8.84. The van der Waals surface area contributed by atoms with Crippen molar-refractivity contribution in [1.82, 2.24) is 20.0 Å². The molecule has 3 fully saturated rings. The smallest absolute Gasteiger partial charge is 0.275 e.